The average molecular weight is 272 g/mol. The molecule has 5 N–H and O–H groups in total. The average Bonchev–Trinajstić information content (AvgIpc) is 2.15. The van der Waals surface area contributed by atoms with Gasteiger partial charge in [0.15, 0.2) is 0 Å². The summed E-state index contributed by atoms with van der Waals surface area (Å²) in [4.78, 5) is 0. The van der Waals surface area contributed by atoms with Crippen LogP contribution in [0.25, 0.3) is 0 Å². The quantitative estimate of drug-likeness (QED) is 0.791. The lowest BCUT2D eigenvalue weighted by Crippen LogP contribution is -2.15. The van der Waals surface area contributed by atoms with Crippen molar-refractivity contribution in [3.05, 3.63) is 27.7 Å². The lowest BCUT2D eigenvalue weighted by atomic mass is 10.0. The lowest BCUT2D eigenvalue weighted by Gasteiger charge is -2.13. The molecule has 3 nitrogen and oxygen atoms in total. The molecule has 0 aromatic heterocycles. The molecule has 0 spiro atoms. The SMILES string of the molecule is Cl.NCC[C@@H](N)c1ccc(Cl)c(Cl)c1O. The first kappa shape index (κ1) is 14.8. The normalized spacial score (nSPS) is 12.0. The van der Waals surface area contributed by atoms with Gasteiger partial charge in [0.2, 0.25) is 0 Å². The fourth-order valence-corrected chi connectivity index (χ4v) is 1.51. The van der Waals surface area contributed by atoms with Gasteiger partial charge in [-0.2, -0.15) is 0 Å². The Balaban J connectivity index is 0.00000196. The van der Waals surface area contributed by atoms with Gasteiger partial charge in [-0.15, -0.1) is 12.4 Å². The summed E-state index contributed by atoms with van der Waals surface area (Å²) in [7, 11) is 0. The van der Waals surface area contributed by atoms with E-state index in [1.807, 2.05) is 0 Å². The molecule has 0 radical (unpaired) electrons. The van der Waals surface area contributed by atoms with E-state index in [0.717, 1.165) is 0 Å². The van der Waals surface area contributed by atoms with Crippen molar-refractivity contribution in [1.29, 1.82) is 0 Å². The van der Waals surface area contributed by atoms with Gasteiger partial charge in [0.1, 0.15) is 10.8 Å². The van der Waals surface area contributed by atoms with Gasteiger partial charge in [-0.25, -0.2) is 0 Å². The zero-order valence-corrected chi connectivity index (χ0v) is 10.2. The Hall–Kier alpha value is -0.190. The van der Waals surface area contributed by atoms with E-state index < -0.39 is 0 Å². The predicted molar refractivity (Wildman–Crippen MR) is 66.0 cm³/mol. The summed E-state index contributed by atoms with van der Waals surface area (Å²) in [5.74, 6) is -0.0554. The Labute approximate surface area is 105 Å². The van der Waals surface area contributed by atoms with E-state index in [1.165, 1.54) is 0 Å². The minimum atomic E-state index is -0.310. The zero-order chi connectivity index (χ0) is 10.7. The van der Waals surface area contributed by atoms with Crippen LogP contribution in [0.2, 0.25) is 10.0 Å². The molecule has 0 aliphatic heterocycles. The molecule has 0 aliphatic carbocycles. The van der Waals surface area contributed by atoms with Crippen molar-refractivity contribution < 1.29 is 5.11 Å². The summed E-state index contributed by atoms with van der Waals surface area (Å²) >= 11 is 11.5. The number of hydrogen-bond acceptors (Lipinski definition) is 3. The highest BCUT2D eigenvalue weighted by molar-refractivity contribution is 6.43. The number of aromatic hydroxyl groups is 1. The summed E-state index contributed by atoms with van der Waals surface area (Å²) in [5, 5.41) is 10.1. The molecule has 0 aliphatic rings. The van der Waals surface area contributed by atoms with Crippen LogP contribution in [0.3, 0.4) is 0 Å². The van der Waals surface area contributed by atoms with Crippen LogP contribution in [0, 0.1) is 0 Å². The van der Waals surface area contributed by atoms with Gasteiger partial charge in [-0.3, -0.25) is 0 Å². The maximum Gasteiger partial charge on any atom is 0.140 e. The van der Waals surface area contributed by atoms with Gasteiger partial charge in [0.05, 0.1) is 5.02 Å². The van der Waals surface area contributed by atoms with Crippen molar-refractivity contribution in [1.82, 2.24) is 0 Å². The highest BCUT2D eigenvalue weighted by atomic mass is 35.5. The van der Waals surface area contributed by atoms with Crippen molar-refractivity contribution in [2.24, 2.45) is 11.5 Å². The third kappa shape index (κ3) is 3.40. The summed E-state index contributed by atoms with van der Waals surface area (Å²) in [6.45, 7) is 0.459. The molecular weight excluding hydrogens is 258 g/mol. The van der Waals surface area contributed by atoms with E-state index in [0.29, 0.717) is 23.6 Å². The van der Waals surface area contributed by atoms with Crippen molar-refractivity contribution in [2.75, 3.05) is 6.54 Å². The largest absolute Gasteiger partial charge is 0.506 e. The fourth-order valence-electron chi connectivity index (χ4n) is 1.19. The molecule has 0 amide bonds. The van der Waals surface area contributed by atoms with Gasteiger partial charge in [-0.05, 0) is 19.0 Å². The summed E-state index contributed by atoms with van der Waals surface area (Å²) in [6.07, 6.45) is 0.589. The molecule has 0 saturated carbocycles. The molecule has 1 aromatic carbocycles. The van der Waals surface area contributed by atoms with E-state index in [4.69, 9.17) is 34.7 Å². The number of benzene rings is 1. The van der Waals surface area contributed by atoms with Crippen LogP contribution in [-0.2, 0) is 0 Å². The van der Waals surface area contributed by atoms with Crippen LogP contribution in [0.15, 0.2) is 12.1 Å². The number of nitrogens with two attached hydrogens (primary N) is 2. The second kappa shape index (κ2) is 6.40. The zero-order valence-electron chi connectivity index (χ0n) is 7.91. The standard InChI is InChI=1S/C9H12Cl2N2O.ClH/c10-6-2-1-5(7(13)3-4-12)9(14)8(6)11;/h1-2,7,14H,3-4,12-13H2;1H/t7-;/m1./s1. The molecule has 0 saturated heterocycles. The first-order valence-electron chi connectivity index (χ1n) is 4.20. The van der Waals surface area contributed by atoms with Crippen LogP contribution in [0.5, 0.6) is 5.75 Å². The third-order valence-corrected chi connectivity index (χ3v) is 2.77. The highest BCUT2D eigenvalue weighted by Gasteiger charge is 2.14. The Kier molecular flexibility index (Phi) is 6.32. The number of phenols is 1. The molecule has 1 atom stereocenters. The minimum Gasteiger partial charge on any atom is -0.506 e. The van der Waals surface area contributed by atoms with Crippen molar-refractivity contribution >= 4 is 35.6 Å². The van der Waals surface area contributed by atoms with E-state index in [9.17, 15) is 5.11 Å². The van der Waals surface area contributed by atoms with Crippen molar-refractivity contribution in [2.45, 2.75) is 12.5 Å². The van der Waals surface area contributed by atoms with Gasteiger partial charge in [-0.1, -0.05) is 29.3 Å². The number of hydrogen-bond donors (Lipinski definition) is 3. The van der Waals surface area contributed by atoms with Crippen molar-refractivity contribution in [3.63, 3.8) is 0 Å². The van der Waals surface area contributed by atoms with Crippen LogP contribution < -0.4 is 11.5 Å². The number of rotatable bonds is 3. The molecule has 0 bridgehead atoms. The first-order chi connectivity index (χ1) is 6.57. The molecule has 1 aromatic rings. The van der Waals surface area contributed by atoms with Gasteiger partial charge in [0.25, 0.3) is 0 Å². The molecule has 1 rings (SSSR count). The van der Waals surface area contributed by atoms with Gasteiger partial charge < -0.3 is 16.6 Å². The van der Waals surface area contributed by atoms with E-state index in [2.05, 4.69) is 0 Å². The molecule has 0 fully saturated rings. The molecule has 0 unspecified atom stereocenters. The minimum absolute atomic E-state index is 0. The smallest absolute Gasteiger partial charge is 0.140 e. The monoisotopic (exact) mass is 270 g/mol. The van der Waals surface area contributed by atoms with Crippen molar-refractivity contribution in [3.8, 4) is 5.75 Å². The second-order valence-corrected chi connectivity index (χ2v) is 3.77. The Morgan fingerprint density at radius 3 is 2.47 bits per heavy atom. The van der Waals surface area contributed by atoms with E-state index in [-0.39, 0.29) is 29.2 Å². The van der Waals surface area contributed by atoms with Crippen LogP contribution in [-0.4, -0.2) is 11.7 Å². The Bertz CT molecular complexity index is 333. The summed E-state index contributed by atoms with van der Waals surface area (Å²) in [6, 6.07) is 2.95. The van der Waals surface area contributed by atoms with E-state index in [1.54, 1.807) is 12.1 Å². The Morgan fingerprint density at radius 2 is 1.93 bits per heavy atom. The van der Waals surface area contributed by atoms with Gasteiger partial charge in [0, 0.05) is 11.6 Å². The number of halogens is 3. The molecular formula is C9H13Cl3N2O. The maximum atomic E-state index is 9.64. The Morgan fingerprint density at radius 1 is 1.33 bits per heavy atom. The first-order valence-corrected chi connectivity index (χ1v) is 4.96. The summed E-state index contributed by atoms with van der Waals surface area (Å²) in [5.41, 5.74) is 11.7. The van der Waals surface area contributed by atoms with E-state index >= 15 is 0 Å². The molecule has 86 valence electrons. The topological polar surface area (TPSA) is 72.3 Å². The fraction of sp³-hybridized carbons (Fsp3) is 0.333. The third-order valence-electron chi connectivity index (χ3n) is 1.98. The predicted octanol–water partition coefficient (Wildman–Crippen LogP) is 2.47. The van der Waals surface area contributed by atoms with Gasteiger partial charge >= 0.3 is 0 Å². The maximum absolute atomic E-state index is 9.64. The molecule has 0 heterocycles. The summed E-state index contributed by atoms with van der Waals surface area (Å²) < 4.78 is 0. The molecule has 15 heavy (non-hydrogen) atoms. The highest BCUT2D eigenvalue weighted by Crippen LogP contribution is 2.36. The molecule has 6 heteroatoms. The van der Waals surface area contributed by atoms with Crippen LogP contribution in [0.4, 0.5) is 0 Å². The lowest BCUT2D eigenvalue weighted by molar-refractivity contribution is 0.459. The van der Waals surface area contributed by atoms with Crippen LogP contribution >= 0.6 is 35.6 Å². The van der Waals surface area contributed by atoms with Crippen LogP contribution in [0.1, 0.15) is 18.0 Å². The second-order valence-electron chi connectivity index (χ2n) is 2.98. The number of phenolic OH excluding ortho intramolecular Hbond substituents is 1.